The van der Waals surface area contributed by atoms with E-state index in [0.29, 0.717) is 40.5 Å². The maximum absolute atomic E-state index is 13.3. The number of nitrogens with two attached hydrogens (primary N) is 1. The number of amides is 2. The van der Waals surface area contributed by atoms with Gasteiger partial charge in [0.15, 0.2) is 11.5 Å². The number of rotatable bonds is 10. The summed E-state index contributed by atoms with van der Waals surface area (Å²) in [7, 11) is 0. The van der Waals surface area contributed by atoms with Gasteiger partial charge in [-0.1, -0.05) is 12.1 Å². The summed E-state index contributed by atoms with van der Waals surface area (Å²) in [5.74, 6) is -2.81. The maximum Gasteiger partial charge on any atom is 0.490 e. The largest absolute Gasteiger partial charge is 0.490 e. The molecule has 1 unspecified atom stereocenters. The fourth-order valence-electron chi connectivity index (χ4n) is 3.51. The van der Waals surface area contributed by atoms with Crippen LogP contribution >= 0.6 is 0 Å². The number of nitrogens with one attached hydrogen (secondary N) is 4. The summed E-state index contributed by atoms with van der Waals surface area (Å²) in [6.07, 6.45) is -3.64. The quantitative estimate of drug-likeness (QED) is 0.110. The maximum atomic E-state index is 13.3. The number of alkyl halides is 3. The number of pyridine rings is 1. The van der Waals surface area contributed by atoms with Crippen molar-refractivity contribution >= 4 is 29.3 Å². The number of aryl methyl sites for hydroxylation is 1. The average molecular weight is 619 g/mol. The Labute approximate surface area is 251 Å². The number of hydrogen-bond acceptors (Lipinski definition) is 8. The van der Waals surface area contributed by atoms with Gasteiger partial charge in [-0.3, -0.25) is 30.8 Å². The van der Waals surface area contributed by atoms with Gasteiger partial charge in [0.2, 0.25) is 0 Å². The Morgan fingerprint density at radius 2 is 1.68 bits per heavy atom. The molecule has 2 aromatic carbocycles. The van der Waals surface area contributed by atoms with Crippen LogP contribution in [-0.4, -0.2) is 52.6 Å². The highest BCUT2D eigenvalue weighted by atomic mass is 19.4. The summed E-state index contributed by atoms with van der Waals surface area (Å²) in [5.41, 5.74) is 13.1. The van der Waals surface area contributed by atoms with Crippen molar-refractivity contribution in [1.29, 1.82) is 5.41 Å². The fourth-order valence-corrected chi connectivity index (χ4v) is 3.51. The van der Waals surface area contributed by atoms with Gasteiger partial charge in [0.25, 0.3) is 11.8 Å². The minimum absolute atomic E-state index is 0.0598. The van der Waals surface area contributed by atoms with Crippen molar-refractivity contribution in [2.75, 3.05) is 11.9 Å². The number of anilines is 1. The highest BCUT2D eigenvalue weighted by Gasteiger charge is 2.38. The molecule has 3 aromatic rings. The average Bonchev–Trinajstić information content (AvgIpc) is 2.95. The number of aliphatic carboxylic acids is 1. The molecule has 0 saturated heterocycles. The van der Waals surface area contributed by atoms with Gasteiger partial charge in [-0.05, 0) is 81.3 Å². The second-order valence-corrected chi connectivity index (χ2v) is 9.29. The molecule has 44 heavy (non-hydrogen) atoms. The summed E-state index contributed by atoms with van der Waals surface area (Å²) >= 11 is 0. The van der Waals surface area contributed by atoms with Crippen molar-refractivity contribution in [3.8, 4) is 11.5 Å². The third kappa shape index (κ3) is 10.5. The number of benzene rings is 2. The lowest BCUT2D eigenvalue weighted by Gasteiger charge is -2.22. The van der Waals surface area contributed by atoms with Gasteiger partial charge in [-0.15, -0.1) is 0 Å². The van der Waals surface area contributed by atoms with Crippen LogP contribution in [0.15, 0.2) is 60.8 Å². The molecule has 12 nitrogen and oxygen atoms in total. The number of hydrogen-bond donors (Lipinski definition) is 6. The molecule has 0 aliphatic rings. The van der Waals surface area contributed by atoms with Gasteiger partial charge in [0.1, 0.15) is 17.6 Å². The Kier molecular flexibility index (Phi) is 12.5. The first-order chi connectivity index (χ1) is 20.6. The molecule has 236 valence electrons. The molecular weight excluding hydrogens is 585 g/mol. The van der Waals surface area contributed by atoms with Gasteiger partial charge >= 0.3 is 12.1 Å². The zero-order valence-corrected chi connectivity index (χ0v) is 24.3. The first-order valence-electron chi connectivity index (χ1n) is 13.1. The van der Waals surface area contributed by atoms with E-state index in [1.54, 1.807) is 61.5 Å². The normalized spacial score (nSPS) is 11.4. The molecule has 3 rings (SSSR count). The van der Waals surface area contributed by atoms with Crippen LogP contribution in [0.4, 0.5) is 18.9 Å². The highest BCUT2D eigenvalue weighted by Crippen LogP contribution is 2.33. The number of nitrogens with zero attached hydrogens (tertiary/aromatic N) is 1. The first-order valence-corrected chi connectivity index (χ1v) is 13.1. The molecule has 1 heterocycles. The topological polar surface area (TPSA) is 189 Å². The Balaban J connectivity index is 0.000000860. The SMILES string of the molecule is CCOc1cc(C(Nc2ccc(C(=N)N)cc2)C(=O)NNC(=O)c2ncccc2C)ccc1OC(C)C.O=C(O)C(F)(F)F. The fraction of sp³-hybridized carbons (Fsp3) is 0.276. The van der Waals surface area contributed by atoms with Crippen LogP contribution in [0.2, 0.25) is 0 Å². The molecule has 0 aliphatic carbocycles. The Morgan fingerprint density at radius 3 is 2.20 bits per heavy atom. The van der Waals surface area contributed by atoms with E-state index >= 15 is 0 Å². The molecule has 0 radical (unpaired) electrons. The molecule has 0 bridgehead atoms. The van der Waals surface area contributed by atoms with Gasteiger partial charge in [-0.25, -0.2) is 4.79 Å². The first kappa shape index (κ1) is 34.9. The number of nitrogen functional groups attached to an aromatic ring is 1. The predicted octanol–water partition coefficient (Wildman–Crippen LogP) is 4.11. The number of amidine groups is 1. The molecule has 0 saturated carbocycles. The molecule has 1 aromatic heterocycles. The van der Waals surface area contributed by atoms with Crippen molar-refractivity contribution in [3.63, 3.8) is 0 Å². The van der Waals surface area contributed by atoms with Gasteiger partial charge in [0, 0.05) is 17.4 Å². The zero-order valence-electron chi connectivity index (χ0n) is 24.3. The molecular formula is C29H33F3N6O6. The minimum Gasteiger partial charge on any atom is -0.490 e. The van der Waals surface area contributed by atoms with Crippen molar-refractivity contribution in [2.45, 2.75) is 46.0 Å². The number of carboxylic acid groups (broad SMARTS) is 1. The Morgan fingerprint density at radius 1 is 1.05 bits per heavy atom. The molecule has 15 heteroatoms. The lowest BCUT2D eigenvalue weighted by molar-refractivity contribution is -0.192. The van der Waals surface area contributed by atoms with E-state index in [0.717, 1.165) is 0 Å². The minimum atomic E-state index is -5.08. The third-order valence-electron chi connectivity index (χ3n) is 5.50. The highest BCUT2D eigenvalue weighted by molar-refractivity contribution is 5.96. The molecule has 1 atom stereocenters. The lowest BCUT2D eigenvalue weighted by atomic mass is 10.0. The van der Waals surface area contributed by atoms with Gasteiger partial charge in [-0.2, -0.15) is 13.2 Å². The number of carbonyl (C=O) groups is 3. The van der Waals surface area contributed by atoms with Crippen LogP contribution in [0.25, 0.3) is 0 Å². The summed E-state index contributed by atoms with van der Waals surface area (Å²) in [4.78, 5) is 38.9. The van der Waals surface area contributed by atoms with Crippen molar-refractivity contribution in [2.24, 2.45) is 5.73 Å². The van der Waals surface area contributed by atoms with Crippen LogP contribution in [0.5, 0.6) is 11.5 Å². The summed E-state index contributed by atoms with van der Waals surface area (Å²) in [5, 5.41) is 17.9. The van der Waals surface area contributed by atoms with E-state index in [-0.39, 0.29) is 17.6 Å². The molecule has 7 N–H and O–H groups in total. The molecule has 0 spiro atoms. The third-order valence-corrected chi connectivity index (χ3v) is 5.50. The van der Waals surface area contributed by atoms with E-state index in [9.17, 15) is 22.8 Å². The smallest absolute Gasteiger partial charge is 0.490 e. The number of carbonyl (C=O) groups excluding carboxylic acids is 2. The zero-order chi connectivity index (χ0) is 33.0. The van der Waals surface area contributed by atoms with Gasteiger partial charge in [0.05, 0.1) is 12.7 Å². The number of hydrazine groups is 1. The molecule has 2 amide bonds. The van der Waals surface area contributed by atoms with E-state index in [1.807, 2.05) is 20.8 Å². The van der Waals surface area contributed by atoms with E-state index in [2.05, 4.69) is 21.2 Å². The summed E-state index contributed by atoms with van der Waals surface area (Å²) < 4.78 is 43.4. The Hall–Kier alpha value is -5.34. The second kappa shape index (κ2) is 15.8. The second-order valence-electron chi connectivity index (χ2n) is 9.29. The van der Waals surface area contributed by atoms with E-state index in [4.69, 9.17) is 30.5 Å². The molecule has 0 aliphatic heterocycles. The number of ether oxygens (including phenoxy) is 2. The predicted molar refractivity (Wildman–Crippen MR) is 155 cm³/mol. The molecule has 0 fully saturated rings. The Bertz CT molecular complexity index is 1460. The van der Waals surface area contributed by atoms with Crippen LogP contribution < -0.4 is 31.4 Å². The van der Waals surface area contributed by atoms with Crippen LogP contribution in [0.3, 0.4) is 0 Å². The monoisotopic (exact) mass is 618 g/mol. The summed E-state index contributed by atoms with van der Waals surface area (Å²) in [6.45, 7) is 7.86. The number of aromatic nitrogens is 1. The van der Waals surface area contributed by atoms with Crippen LogP contribution in [0.1, 0.15) is 54.0 Å². The number of halogens is 3. The van der Waals surface area contributed by atoms with Crippen LogP contribution in [0, 0.1) is 12.3 Å². The van der Waals surface area contributed by atoms with Gasteiger partial charge < -0.3 is 25.6 Å². The number of carboxylic acids is 1. The standard InChI is InChI=1S/C27H32N6O4.C2HF3O2/c1-5-36-22-15-19(10-13-21(22)37-16(2)3)24(31-20-11-8-18(9-12-20)25(28)29)27(35)33-32-26(34)23-17(4)7-6-14-30-23;3-2(4,5)1(6)7/h6-16,24,31H,5H2,1-4H3,(H3,28,29)(H,32,34)(H,33,35);(H,6,7). The van der Waals surface area contributed by atoms with E-state index < -0.39 is 30.0 Å². The van der Waals surface area contributed by atoms with E-state index in [1.165, 1.54) is 6.20 Å². The lowest BCUT2D eigenvalue weighted by Crippen LogP contribution is -2.45. The summed E-state index contributed by atoms with van der Waals surface area (Å²) in [6, 6.07) is 14.6. The van der Waals surface area contributed by atoms with Crippen molar-refractivity contribution < 1.29 is 42.1 Å². The van der Waals surface area contributed by atoms with Crippen molar-refractivity contribution in [3.05, 3.63) is 83.2 Å². The van der Waals surface area contributed by atoms with Crippen molar-refractivity contribution in [1.82, 2.24) is 15.8 Å². The van der Waals surface area contributed by atoms with Crippen LogP contribution in [-0.2, 0) is 9.59 Å².